The molecule has 1 aliphatic heterocycles. The van der Waals surface area contributed by atoms with Gasteiger partial charge in [0.1, 0.15) is 5.75 Å². The van der Waals surface area contributed by atoms with Crippen LogP contribution in [0.3, 0.4) is 0 Å². The van der Waals surface area contributed by atoms with Gasteiger partial charge in [0.25, 0.3) is 0 Å². The minimum absolute atomic E-state index is 0.251. The lowest BCUT2D eigenvalue weighted by molar-refractivity contribution is -0.138. The number of amides is 1. The van der Waals surface area contributed by atoms with Crippen molar-refractivity contribution >= 4 is 5.91 Å². The van der Waals surface area contributed by atoms with Gasteiger partial charge < -0.3 is 9.64 Å². The largest absolute Gasteiger partial charge is 0.497 e. The monoisotopic (exact) mass is 299 g/mol. The topological polar surface area (TPSA) is 29.5 Å². The lowest BCUT2D eigenvalue weighted by Gasteiger charge is -2.59. The molecule has 0 N–H and O–H groups in total. The minimum atomic E-state index is 0.251. The number of ether oxygens (including phenoxy) is 1. The predicted molar refractivity (Wildman–Crippen MR) is 86.1 cm³/mol. The average molecular weight is 299 g/mol. The first-order valence-electron chi connectivity index (χ1n) is 8.60. The SMILES string of the molecule is COc1ccc2c(c1)[C@@]13CCCC[C@H]1[C@H](C2)N(C(C)=O)CC3. The molecule has 1 heterocycles. The minimum Gasteiger partial charge on any atom is -0.497 e. The van der Waals surface area contributed by atoms with Gasteiger partial charge in [-0.05, 0) is 54.9 Å². The molecule has 1 aromatic rings. The number of piperidine rings is 1. The summed E-state index contributed by atoms with van der Waals surface area (Å²) < 4.78 is 5.49. The molecule has 3 heteroatoms. The number of hydrogen-bond donors (Lipinski definition) is 0. The maximum Gasteiger partial charge on any atom is 0.219 e. The molecule has 2 bridgehead atoms. The first-order valence-corrected chi connectivity index (χ1v) is 8.60. The molecule has 1 saturated heterocycles. The van der Waals surface area contributed by atoms with E-state index in [0.717, 1.165) is 25.1 Å². The van der Waals surface area contributed by atoms with Crippen LogP contribution >= 0.6 is 0 Å². The summed E-state index contributed by atoms with van der Waals surface area (Å²) >= 11 is 0. The van der Waals surface area contributed by atoms with E-state index < -0.39 is 0 Å². The van der Waals surface area contributed by atoms with Crippen LogP contribution in [0.15, 0.2) is 18.2 Å². The molecule has 3 nitrogen and oxygen atoms in total. The summed E-state index contributed by atoms with van der Waals surface area (Å²) in [6.07, 6.45) is 7.32. The molecule has 2 fully saturated rings. The third-order valence-electron chi connectivity index (χ3n) is 6.45. The molecule has 0 spiro atoms. The van der Waals surface area contributed by atoms with Crippen molar-refractivity contribution in [3.05, 3.63) is 29.3 Å². The first kappa shape index (κ1) is 14.1. The molecule has 118 valence electrons. The maximum atomic E-state index is 12.1. The first-order chi connectivity index (χ1) is 10.7. The maximum absolute atomic E-state index is 12.1. The summed E-state index contributed by atoms with van der Waals surface area (Å²) in [5, 5.41) is 0. The van der Waals surface area contributed by atoms with E-state index in [1.165, 1.54) is 36.8 Å². The third kappa shape index (κ3) is 1.84. The van der Waals surface area contributed by atoms with E-state index in [0.29, 0.717) is 12.0 Å². The lowest BCUT2D eigenvalue weighted by Crippen LogP contribution is -2.61. The van der Waals surface area contributed by atoms with Crippen LogP contribution in [-0.2, 0) is 16.6 Å². The van der Waals surface area contributed by atoms with Gasteiger partial charge in [0.15, 0.2) is 0 Å². The van der Waals surface area contributed by atoms with Crippen molar-refractivity contribution in [3.8, 4) is 5.75 Å². The molecule has 3 aliphatic rings. The van der Waals surface area contributed by atoms with E-state index in [1.807, 2.05) is 0 Å². The normalized spacial score (nSPS) is 32.9. The summed E-state index contributed by atoms with van der Waals surface area (Å²) in [4.78, 5) is 14.2. The Hall–Kier alpha value is -1.51. The molecule has 0 aromatic heterocycles. The number of nitrogens with zero attached hydrogens (tertiary/aromatic N) is 1. The van der Waals surface area contributed by atoms with Gasteiger partial charge in [-0.15, -0.1) is 0 Å². The van der Waals surface area contributed by atoms with E-state index in [1.54, 1.807) is 14.0 Å². The van der Waals surface area contributed by atoms with Gasteiger partial charge in [0.05, 0.1) is 7.11 Å². The van der Waals surface area contributed by atoms with Crippen molar-refractivity contribution < 1.29 is 9.53 Å². The number of benzene rings is 1. The Morgan fingerprint density at radius 1 is 1.32 bits per heavy atom. The van der Waals surface area contributed by atoms with Crippen LogP contribution in [0.25, 0.3) is 0 Å². The van der Waals surface area contributed by atoms with Gasteiger partial charge in [0.2, 0.25) is 5.91 Å². The Labute approximate surface area is 132 Å². The molecule has 2 aliphatic carbocycles. The number of fused-ring (bicyclic) bond motifs is 1. The van der Waals surface area contributed by atoms with Crippen molar-refractivity contribution in [2.45, 2.75) is 56.9 Å². The van der Waals surface area contributed by atoms with E-state index in [-0.39, 0.29) is 11.3 Å². The summed E-state index contributed by atoms with van der Waals surface area (Å²) in [6.45, 7) is 2.66. The van der Waals surface area contributed by atoms with Crippen LogP contribution in [0.1, 0.15) is 50.2 Å². The van der Waals surface area contributed by atoms with E-state index in [2.05, 4.69) is 23.1 Å². The fourth-order valence-corrected chi connectivity index (χ4v) is 5.50. The molecular weight excluding hydrogens is 274 g/mol. The zero-order valence-electron chi connectivity index (χ0n) is 13.6. The fraction of sp³-hybridized carbons (Fsp3) is 0.632. The summed E-state index contributed by atoms with van der Waals surface area (Å²) in [5.74, 6) is 1.87. The van der Waals surface area contributed by atoms with Crippen molar-refractivity contribution in [2.75, 3.05) is 13.7 Å². The Kier molecular flexibility index (Phi) is 3.21. The Bertz CT molecular complexity index is 611. The van der Waals surface area contributed by atoms with Gasteiger partial charge >= 0.3 is 0 Å². The lowest BCUT2D eigenvalue weighted by atomic mass is 9.52. The highest BCUT2D eigenvalue weighted by molar-refractivity contribution is 5.74. The molecule has 1 amide bonds. The van der Waals surface area contributed by atoms with Gasteiger partial charge in [-0.2, -0.15) is 0 Å². The van der Waals surface area contributed by atoms with Gasteiger partial charge in [-0.25, -0.2) is 0 Å². The number of hydrogen-bond acceptors (Lipinski definition) is 2. The quantitative estimate of drug-likeness (QED) is 0.796. The highest BCUT2D eigenvalue weighted by Crippen LogP contribution is 2.56. The zero-order valence-corrected chi connectivity index (χ0v) is 13.6. The molecular formula is C19H25NO2. The molecule has 22 heavy (non-hydrogen) atoms. The molecule has 1 aromatic carbocycles. The Morgan fingerprint density at radius 2 is 2.18 bits per heavy atom. The van der Waals surface area contributed by atoms with Crippen molar-refractivity contribution in [2.24, 2.45) is 5.92 Å². The number of likely N-dealkylation sites (tertiary alicyclic amines) is 1. The molecule has 3 atom stereocenters. The molecule has 0 unspecified atom stereocenters. The number of methoxy groups -OCH3 is 1. The van der Waals surface area contributed by atoms with Crippen LogP contribution in [0.5, 0.6) is 5.75 Å². The second kappa shape index (κ2) is 5.00. The molecule has 4 rings (SSSR count). The molecule has 1 saturated carbocycles. The molecule has 0 radical (unpaired) electrons. The summed E-state index contributed by atoms with van der Waals surface area (Å²) in [5.41, 5.74) is 3.25. The second-order valence-corrected chi connectivity index (χ2v) is 7.27. The van der Waals surface area contributed by atoms with Gasteiger partial charge in [-0.3, -0.25) is 4.79 Å². The standard InChI is InChI=1S/C19H25NO2/c1-13(21)20-10-9-19-8-4-3-5-16(19)18(20)11-14-6-7-15(22-2)12-17(14)19/h6-7,12,16,18H,3-5,8-11H2,1-2H3/t16-,18-,19+/m0/s1. The zero-order chi connectivity index (χ0) is 15.3. The van der Waals surface area contributed by atoms with Crippen molar-refractivity contribution in [3.63, 3.8) is 0 Å². The number of rotatable bonds is 1. The van der Waals surface area contributed by atoms with Crippen molar-refractivity contribution in [1.82, 2.24) is 4.90 Å². The Morgan fingerprint density at radius 3 is 2.95 bits per heavy atom. The number of carbonyl (C=O) groups is 1. The summed E-state index contributed by atoms with van der Waals surface area (Å²) in [6, 6.07) is 7.00. The Balaban J connectivity index is 1.85. The third-order valence-corrected chi connectivity index (χ3v) is 6.45. The second-order valence-electron chi connectivity index (χ2n) is 7.27. The van der Waals surface area contributed by atoms with Gasteiger partial charge in [0, 0.05) is 24.9 Å². The highest BCUT2D eigenvalue weighted by Gasteiger charge is 2.54. The average Bonchev–Trinajstić information content (AvgIpc) is 2.54. The van der Waals surface area contributed by atoms with E-state index >= 15 is 0 Å². The van der Waals surface area contributed by atoms with Crippen molar-refractivity contribution in [1.29, 1.82) is 0 Å². The van der Waals surface area contributed by atoms with Crippen LogP contribution < -0.4 is 4.74 Å². The fourth-order valence-electron chi connectivity index (χ4n) is 5.50. The smallest absolute Gasteiger partial charge is 0.219 e. The van der Waals surface area contributed by atoms with E-state index in [4.69, 9.17) is 4.74 Å². The van der Waals surface area contributed by atoms with Crippen LogP contribution in [0, 0.1) is 5.92 Å². The predicted octanol–water partition coefficient (Wildman–Crippen LogP) is 3.30. The van der Waals surface area contributed by atoms with Crippen LogP contribution in [-0.4, -0.2) is 30.5 Å². The highest BCUT2D eigenvalue weighted by atomic mass is 16.5. The van der Waals surface area contributed by atoms with Crippen LogP contribution in [0.4, 0.5) is 0 Å². The van der Waals surface area contributed by atoms with Gasteiger partial charge in [-0.1, -0.05) is 18.9 Å². The van der Waals surface area contributed by atoms with E-state index in [9.17, 15) is 4.79 Å². The summed E-state index contributed by atoms with van der Waals surface area (Å²) in [7, 11) is 1.75. The van der Waals surface area contributed by atoms with Crippen LogP contribution in [0.2, 0.25) is 0 Å². The number of carbonyl (C=O) groups excluding carboxylic acids is 1.